The molecule has 0 aliphatic heterocycles. The Bertz CT molecular complexity index is 404. The molecule has 1 aromatic carbocycles. The number of rotatable bonds is 2. The molecular formula is C11H12N2. The molecule has 0 spiro atoms. The summed E-state index contributed by atoms with van der Waals surface area (Å²) in [7, 11) is 1.95. The topological polar surface area (TPSA) is 24.9 Å². The van der Waals surface area contributed by atoms with Crippen molar-refractivity contribution in [3.63, 3.8) is 0 Å². The van der Waals surface area contributed by atoms with Crippen molar-refractivity contribution in [2.75, 3.05) is 7.05 Å². The zero-order valence-electron chi connectivity index (χ0n) is 7.62. The van der Waals surface area contributed by atoms with E-state index >= 15 is 0 Å². The Morgan fingerprint density at radius 3 is 3.00 bits per heavy atom. The lowest BCUT2D eigenvalue weighted by Gasteiger charge is -2.03. The van der Waals surface area contributed by atoms with E-state index < -0.39 is 0 Å². The first kappa shape index (κ1) is 8.20. The van der Waals surface area contributed by atoms with Crippen molar-refractivity contribution in [3.05, 3.63) is 42.1 Å². The number of nitrogens with zero attached hydrogens (tertiary/aromatic N) is 1. The summed E-state index contributed by atoms with van der Waals surface area (Å²) >= 11 is 0. The minimum Gasteiger partial charge on any atom is -0.316 e. The monoisotopic (exact) mass is 172 g/mol. The van der Waals surface area contributed by atoms with Crippen molar-refractivity contribution in [1.82, 2.24) is 10.3 Å². The van der Waals surface area contributed by atoms with Gasteiger partial charge in [0.05, 0.1) is 5.52 Å². The van der Waals surface area contributed by atoms with Crippen molar-refractivity contribution in [2.45, 2.75) is 6.54 Å². The highest BCUT2D eigenvalue weighted by molar-refractivity contribution is 5.81. The molecule has 1 aromatic heterocycles. The second-order valence-corrected chi connectivity index (χ2v) is 3.02. The maximum absolute atomic E-state index is 4.30. The number of hydrogen-bond acceptors (Lipinski definition) is 2. The van der Waals surface area contributed by atoms with E-state index in [2.05, 4.69) is 22.4 Å². The molecule has 0 unspecified atom stereocenters. The average Bonchev–Trinajstić information content (AvgIpc) is 2.19. The van der Waals surface area contributed by atoms with Crippen LogP contribution in [-0.2, 0) is 6.54 Å². The molecule has 0 radical (unpaired) electrons. The summed E-state index contributed by atoms with van der Waals surface area (Å²) in [6.07, 6.45) is 1.82. The number of hydrogen-bond donors (Lipinski definition) is 1. The third-order valence-electron chi connectivity index (χ3n) is 2.10. The quantitative estimate of drug-likeness (QED) is 0.749. The van der Waals surface area contributed by atoms with Crippen LogP contribution in [0.5, 0.6) is 0 Å². The molecule has 1 N–H and O–H groups in total. The first-order valence-electron chi connectivity index (χ1n) is 4.39. The molecule has 2 rings (SSSR count). The summed E-state index contributed by atoms with van der Waals surface area (Å²) in [5, 5.41) is 4.38. The maximum atomic E-state index is 4.30. The summed E-state index contributed by atoms with van der Waals surface area (Å²) in [5.74, 6) is 0. The van der Waals surface area contributed by atoms with Gasteiger partial charge in [-0.05, 0) is 24.7 Å². The van der Waals surface area contributed by atoms with Crippen molar-refractivity contribution in [3.8, 4) is 0 Å². The predicted molar refractivity (Wildman–Crippen MR) is 54.5 cm³/mol. The van der Waals surface area contributed by atoms with Gasteiger partial charge in [-0.2, -0.15) is 0 Å². The third-order valence-corrected chi connectivity index (χ3v) is 2.10. The van der Waals surface area contributed by atoms with Crippen molar-refractivity contribution in [2.24, 2.45) is 0 Å². The standard InChI is InChI=1S/C11H12N2/c1-12-8-9-4-2-6-11-10(9)5-3-7-13-11/h2-7,12H,8H2,1H3. The van der Waals surface area contributed by atoms with Crippen LogP contribution in [0.1, 0.15) is 5.56 Å². The van der Waals surface area contributed by atoms with Crippen LogP contribution in [0.15, 0.2) is 36.5 Å². The summed E-state index contributed by atoms with van der Waals surface area (Å²) in [6.45, 7) is 0.892. The molecule has 1 heterocycles. The van der Waals surface area contributed by atoms with Gasteiger partial charge < -0.3 is 5.32 Å². The van der Waals surface area contributed by atoms with Crippen LogP contribution in [0.25, 0.3) is 10.9 Å². The van der Waals surface area contributed by atoms with Gasteiger partial charge in [0.2, 0.25) is 0 Å². The number of pyridine rings is 1. The van der Waals surface area contributed by atoms with E-state index in [-0.39, 0.29) is 0 Å². The molecule has 2 heteroatoms. The minimum absolute atomic E-state index is 0.892. The summed E-state index contributed by atoms with van der Waals surface area (Å²) in [4.78, 5) is 4.30. The van der Waals surface area contributed by atoms with E-state index in [1.165, 1.54) is 10.9 Å². The van der Waals surface area contributed by atoms with Gasteiger partial charge in [0.15, 0.2) is 0 Å². The fraction of sp³-hybridized carbons (Fsp3) is 0.182. The van der Waals surface area contributed by atoms with Gasteiger partial charge in [-0.15, -0.1) is 0 Å². The molecule has 0 amide bonds. The van der Waals surface area contributed by atoms with Crippen LogP contribution < -0.4 is 5.32 Å². The van der Waals surface area contributed by atoms with Crippen LogP contribution in [0.2, 0.25) is 0 Å². The van der Waals surface area contributed by atoms with E-state index in [9.17, 15) is 0 Å². The lowest BCUT2D eigenvalue weighted by atomic mass is 10.1. The van der Waals surface area contributed by atoms with Crippen molar-refractivity contribution < 1.29 is 0 Å². The number of aromatic nitrogens is 1. The largest absolute Gasteiger partial charge is 0.316 e. The van der Waals surface area contributed by atoms with Crippen LogP contribution in [0.3, 0.4) is 0 Å². The molecule has 2 nitrogen and oxygen atoms in total. The van der Waals surface area contributed by atoms with Crippen LogP contribution in [-0.4, -0.2) is 12.0 Å². The Kier molecular flexibility index (Phi) is 2.23. The maximum Gasteiger partial charge on any atom is 0.0705 e. The van der Waals surface area contributed by atoms with Gasteiger partial charge in [-0.3, -0.25) is 4.98 Å². The van der Waals surface area contributed by atoms with Crippen molar-refractivity contribution in [1.29, 1.82) is 0 Å². The Hall–Kier alpha value is -1.41. The molecule has 0 aliphatic carbocycles. The zero-order chi connectivity index (χ0) is 9.10. The molecule has 13 heavy (non-hydrogen) atoms. The van der Waals surface area contributed by atoms with Gasteiger partial charge in [0, 0.05) is 18.1 Å². The fourth-order valence-electron chi connectivity index (χ4n) is 1.51. The molecular weight excluding hydrogens is 160 g/mol. The second kappa shape index (κ2) is 3.54. The van der Waals surface area contributed by atoms with Crippen molar-refractivity contribution >= 4 is 10.9 Å². The first-order chi connectivity index (χ1) is 6.42. The second-order valence-electron chi connectivity index (χ2n) is 3.02. The molecule has 66 valence electrons. The molecule has 0 bridgehead atoms. The van der Waals surface area contributed by atoms with E-state index in [0.717, 1.165) is 12.1 Å². The average molecular weight is 172 g/mol. The summed E-state index contributed by atoms with van der Waals surface area (Å²) in [6, 6.07) is 10.3. The molecule has 0 fully saturated rings. The predicted octanol–water partition coefficient (Wildman–Crippen LogP) is 1.95. The van der Waals surface area contributed by atoms with Gasteiger partial charge in [-0.1, -0.05) is 18.2 Å². The Balaban J connectivity index is 2.61. The van der Waals surface area contributed by atoms with Gasteiger partial charge in [0.25, 0.3) is 0 Å². The molecule has 0 saturated carbocycles. The van der Waals surface area contributed by atoms with Crippen LogP contribution >= 0.6 is 0 Å². The van der Waals surface area contributed by atoms with E-state index in [0.29, 0.717) is 0 Å². The van der Waals surface area contributed by atoms with Gasteiger partial charge in [-0.25, -0.2) is 0 Å². The van der Waals surface area contributed by atoms with E-state index in [1.807, 2.05) is 31.4 Å². The lowest BCUT2D eigenvalue weighted by Crippen LogP contribution is -2.05. The van der Waals surface area contributed by atoms with E-state index in [4.69, 9.17) is 0 Å². The summed E-state index contributed by atoms with van der Waals surface area (Å²) < 4.78 is 0. The smallest absolute Gasteiger partial charge is 0.0705 e. The highest BCUT2D eigenvalue weighted by atomic mass is 14.8. The molecule has 0 atom stereocenters. The lowest BCUT2D eigenvalue weighted by molar-refractivity contribution is 0.823. The highest BCUT2D eigenvalue weighted by Crippen LogP contribution is 2.15. The Morgan fingerprint density at radius 1 is 1.23 bits per heavy atom. The number of nitrogens with one attached hydrogen (secondary N) is 1. The first-order valence-corrected chi connectivity index (χ1v) is 4.39. The highest BCUT2D eigenvalue weighted by Gasteiger charge is 1.98. The molecule has 0 saturated heterocycles. The third kappa shape index (κ3) is 1.53. The van der Waals surface area contributed by atoms with Gasteiger partial charge >= 0.3 is 0 Å². The zero-order valence-corrected chi connectivity index (χ0v) is 7.62. The van der Waals surface area contributed by atoms with Gasteiger partial charge in [0.1, 0.15) is 0 Å². The Labute approximate surface area is 77.6 Å². The molecule has 2 aromatic rings. The SMILES string of the molecule is CNCc1cccc2ncccc12. The number of fused-ring (bicyclic) bond motifs is 1. The normalized spacial score (nSPS) is 10.5. The Morgan fingerprint density at radius 2 is 2.15 bits per heavy atom. The van der Waals surface area contributed by atoms with Crippen LogP contribution in [0, 0.1) is 0 Å². The summed E-state index contributed by atoms with van der Waals surface area (Å²) in [5.41, 5.74) is 2.36. The minimum atomic E-state index is 0.892. The van der Waals surface area contributed by atoms with E-state index in [1.54, 1.807) is 0 Å². The fourth-order valence-corrected chi connectivity index (χ4v) is 1.51. The number of benzene rings is 1. The molecule has 0 aliphatic rings. The van der Waals surface area contributed by atoms with Crippen LogP contribution in [0.4, 0.5) is 0 Å².